The molecule has 2 rings (SSSR count). The first-order chi connectivity index (χ1) is 6.84. The zero-order valence-corrected chi connectivity index (χ0v) is 8.50. The number of thiophene rings is 1. The highest BCUT2D eigenvalue weighted by Gasteiger charge is 1.91. The van der Waals surface area contributed by atoms with Crippen LogP contribution in [0, 0.1) is 0 Å². The van der Waals surface area contributed by atoms with Crippen molar-refractivity contribution in [2.45, 2.75) is 0 Å². The van der Waals surface area contributed by atoms with Crippen molar-refractivity contribution in [1.29, 1.82) is 0 Å². The van der Waals surface area contributed by atoms with Gasteiger partial charge >= 0.3 is 0 Å². The summed E-state index contributed by atoms with van der Waals surface area (Å²) in [6.45, 7) is 0. The van der Waals surface area contributed by atoms with Crippen LogP contribution in [-0.2, 0) is 0 Å². The summed E-state index contributed by atoms with van der Waals surface area (Å²) in [5, 5.41) is 0.859. The van der Waals surface area contributed by atoms with Gasteiger partial charge in [0.2, 0.25) is 0 Å². The van der Waals surface area contributed by atoms with Crippen LogP contribution in [0.3, 0.4) is 0 Å². The Bertz CT molecular complexity index is 429. The van der Waals surface area contributed by atoms with Gasteiger partial charge in [-0.1, -0.05) is 36.4 Å². The molecular weight excluding hydrogens is 190 g/mol. The van der Waals surface area contributed by atoms with E-state index in [9.17, 15) is 0 Å². The quantitative estimate of drug-likeness (QED) is 0.790. The molecule has 0 spiro atoms. The van der Waals surface area contributed by atoms with Crippen molar-refractivity contribution in [3.8, 4) is 0 Å². The van der Waals surface area contributed by atoms with Gasteiger partial charge in [-0.3, -0.25) is 0 Å². The van der Waals surface area contributed by atoms with Crippen LogP contribution in [-0.4, -0.2) is 0 Å². The zero-order chi connectivity index (χ0) is 9.80. The summed E-state index contributed by atoms with van der Waals surface area (Å²) in [5.41, 5.74) is 6.84. The molecule has 0 saturated carbocycles. The van der Waals surface area contributed by atoms with Crippen LogP contribution in [0.25, 0.3) is 12.2 Å². The van der Waals surface area contributed by atoms with E-state index >= 15 is 0 Å². The lowest BCUT2D eigenvalue weighted by Crippen LogP contribution is -1.72. The van der Waals surface area contributed by atoms with Crippen molar-refractivity contribution in [3.63, 3.8) is 0 Å². The van der Waals surface area contributed by atoms with E-state index in [2.05, 4.69) is 24.3 Å². The van der Waals surface area contributed by atoms with Crippen molar-refractivity contribution in [2.24, 2.45) is 0 Å². The Morgan fingerprint density at radius 1 is 0.929 bits per heavy atom. The molecule has 0 bridgehead atoms. The molecule has 2 aromatic rings. The highest BCUT2D eigenvalue weighted by Crippen LogP contribution is 2.20. The standard InChI is InChI=1S/C12H11NS/c13-12-9-8-11(14-12)7-6-10-4-2-1-3-5-10/h1-9H,13H2. The van der Waals surface area contributed by atoms with Gasteiger partial charge in [0.15, 0.2) is 0 Å². The number of hydrogen-bond donors (Lipinski definition) is 1. The summed E-state index contributed by atoms with van der Waals surface area (Å²) >= 11 is 1.60. The number of benzene rings is 1. The Morgan fingerprint density at radius 2 is 1.71 bits per heavy atom. The Labute approximate surface area is 87.5 Å². The van der Waals surface area contributed by atoms with Crippen LogP contribution in [0.2, 0.25) is 0 Å². The van der Waals surface area contributed by atoms with Gasteiger partial charge in [0, 0.05) is 4.88 Å². The second-order valence-corrected chi connectivity index (χ2v) is 4.13. The molecule has 1 aromatic heterocycles. The zero-order valence-electron chi connectivity index (χ0n) is 7.68. The second kappa shape index (κ2) is 4.11. The molecule has 2 N–H and O–H groups in total. The van der Waals surface area contributed by atoms with Gasteiger partial charge in [0.05, 0.1) is 5.00 Å². The van der Waals surface area contributed by atoms with E-state index in [0.717, 1.165) is 5.00 Å². The van der Waals surface area contributed by atoms with Gasteiger partial charge in [-0.25, -0.2) is 0 Å². The highest BCUT2D eigenvalue weighted by molar-refractivity contribution is 7.16. The maximum absolute atomic E-state index is 5.63. The van der Waals surface area contributed by atoms with Gasteiger partial charge in [-0.15, -0.1) is 11.3 Å². The van der Waals surface area contributed by atoms with Crippen LogP contribution in [0.5, 0.6) is 0 Å². The second-order valence-electron chi connectivity index (χ2n) is 2.98. The average Bonchev–Trinajstić information content (AvgIpc) is 2.63. The van der Waals surface area contributed by atoms with Crippen LogP contribution in [0.4, 0.5) is 5.00 Å². The fraction of sp³-hybridized carbons (Fsp3) is 0. The first-order valence-electron chi connectivity index (χ1n) is 4.43. The summed E-state index contributed by atoms with van der Waals surface area (Å²) in [7, 11) is 0. The Morgan fingerprint density at radius 3 is 2.36 bits per heavy atom. The van der Waals surface area contributed by atoms with E-state index in [1.54, 1.807) is 11.3 Å². The molecule has 1 heterocycles. The van der Waals surface area contributed by atoms with Crippen molar-refractivity contribution < 1.29 is 0 Å². The van der Waals surface area contributed by atoms with Gasteiger partial charge in [0.25, 0.3) is 0 Å². The molecule has 0 fully saturated rings. The van der Waals surface area contributed by atoms with Crippen molar-refractivity contribution in [2.75, 3.05) is 5.73 Å². The Balaban J connectivity index is 2.15. The van der Waals surface area contributed by atoms with Crippen LogP contribution < -0.4 is 5.73 Å². The van der Waals surface area contributed by atoms with Crippen LogP contribution in [0.15, 0.2) is 42.5 Å². The van der Waals surface area contributed by atoms with Crippen molar-refractivity contribution in [3.05, 3.63) is 52.9 Å². The number of nitrogens with two attached hydrogens (primary N) is 1. The molecule has 0 aliphatic heterocycles. The molecule has 2 heteroatoms. The Hall–Kier alpha value is -1.54. The predicted octanol–water partition coefficient (Wildman–Crippen LogP) is 3.50. The summed E-state index contributed by atoms with van der Waals surface area (Å²) in [6.07, 6.45) is 4.17. The molecule has 0 atom stereocenters. The summed E-state index contributed by atoms with van der Waals surface area (Å²) in [4.78, 5) is 1.19. The van der Waals surface area contributed by atoms with Crippen LogP contribution >= 0.6 is 11.3 Å². The topological polar surface area (TPSA) is 26.0 Å². The molecule has 0 saturated heterocycles. The third kappa shape index (κ3) is 2.24. The Kier molecular flexibility index (Phi) is 2.65. The number of rotatable bonds is 2. The van der Waals surface area contributed by atoms with Gasteiger partial charge in [0.1, 0.15) is 0 Å². The minimum absolute atomic E-state index is 0.859. The monoisotopic (exact) mass is 201 g/mol. The average molecular weight is 201 g/mol. The maximum atomic E-state index is 5.63. The number of hydrogen-bond acceptors (Lipinski definition) is 2. The third-order valence-corrected chi connectivity index (χ3v) is 2.77. The lowest BCUT2D eigenvalue weighted by molar-refractivity contribution is 1.67. The van der Waals surface area contributed by atoms with E-state index in [1.165, 1.54) is 10.4 Å². The minimum atomic E-state index is 0.859. The maximum Gasteiger partial charge on any atom is 0.0862 e. The lowest BCUT2D eigenvalue weighted by Gasteiger charge is -1.89. The van der Waals surface area contributed by atoms with E-state index in [-0.39, 0.29) is 0 Å². The summed E-state index contributed by atoms with van der Waals surface area (Å²) in [6, 6.07) is 14.2. The third-order valence-electron chi connectivity index (χ3n) is 1.89. The molecule has 1 aromatic carbocycles. The molecule has 1 nitrogen and oxygen atoms in total. The summed E-state index contributed by atoms with van der Waals surface area (Å²) in [5.74, 6) is 0. The van der Waals surface area contributed by atoms with Crippen molar-refractivity contribution >= 4 is 28.5 Å². The fourth-order valence-corrected chi connectivity index (χ4v) is 1.88. The molecule has 0 aliphatic carbocycles. The van der Waals surface area contributed by atoms with Crippen molar-refractivity contribution in [1.82, 2.24) is 0 Å². The van der Waals surface area contributed by atoms with Gasteiger partial charge in [-0.05, 0) is 23.8 Å². The predicted molar refractivity (Wildman–Crippen MR) is 64.1 cm³/mol. The SMILES string of the molecule is Nc1ccc(C=Cc2ccccc2)s1. The van der Waals surface area contributed by atoms with E-state index in [1.807, 2.05) is 30.3 Å². The highest BCUT2D eigenvalue weighted by atomic mass is 32.1. The molecule has 0 aliphatic rings. The molecule has 0 radical (unpaired) electrons. The molecular formula is C12H11NS. The molecule has 70 valence electrons. The molecule has 14 heavy (non-hydrogen) atoms. The molecule has 0 unspecified atom stereocenters. The largest absolute Gasteiger partial charge is 0.391 e. The first kappa shape index (κ1) is 9.03. The number of nitrogen functional groups attached to an aromatic ring is 1. The van der Waals surface area contributed by atoms with Gasteiger partial charge in [-0.2, -0.15) is 0 Å². The minimum Gasteiger partial charge on any atom is -0.391 e. The number of anilines is 1. The van der Waals surface area contributed by atoms with Crippen LogP contribution in [0.1, 0.15) is 10.4 Å². The first-order valence-corrected chi connectivity index (χ1v) is 5.25. The lowest BCUT2D eigenvalue weighted by atomic mass is 10.2. The van der Waals surface area contributed by atoms with E-state index in [0.29, 0.717) is 0 Å². The van der Waals surface area contributed by atoms with E-state index < -0.39 is 0 Å². The summed E-state index contributed by atoms with van der Waals surface area (Å²) < 4.78 is 0. The van der Waals surface area contributed by atoms with E-state index in [4.69, 9.17) is 5.73 Å². The smallest absolute Gasteiger partial charge is 0.0862 e. The fourth-order valence-electron chi connectivity index (χ4n) is 1.20. The van der Waals surface area contributed by atoms with Gasteiger partial charge < -0.3 is 5.73 Å². The molecule has 0 amide bonds. The normalized spacial score (nSPS) is 10.9.